The molecule has 0 radical (unpaired) electrons. The molecule has 0 bridgehead atoms. The maximum atomic E-state index is 13.0. The molecule has 4 rings (SSSR count). The molecule has 32 heavy (non-hydrogen) atoms. The summed E-state index contributed by atoms with van der Waals surface area (Å²) in [6.07, 6.45) is 0. The largest absolute Gasteiger partial charge is 0.289 e. The lowest BCUT2D eigenvalue weighted by atomic mass is 9.96. The minimum atomic E-state index is -0.235. The van der Waals surface area contributed by atoms with Gasteiger partial charge < -0.3 is 0 Å². The fourth-order valence-electron chi connectivity index (χ4n) is 3.28. The third kappa shape index (κ3) is 4.70. The van der Waals surface area contributed by atoms with Gasteiger partial charge in [-0.25, -0.2) is 0 Å². The van der Waals surface area contributed by atoms with Crippen molar-refractivity contribution in [1.82, 2.24) is 0 Å². The molecule has 0 heterocycles. The summed E-state index contributed by atoms with van der Waals surface area (Å²) in [5.74, 6) is -0.585. The van der Waals surface area contributed by atoms with Crippen molar-refractivity contribution in [3.8, 4) is 0 Å². The van der Waals surface area contributed by atoms with E-state index in [1.54, 1.807) is 97.1 Å². The van der Waals surface area contributed by atoms with Gasteiger partial charge in [0, 0.05) is 43.4 Å². The predicted molar refractivity (Wildman–Crippen MR) is 126 cm³/mol. The summed E-state index contributed by atoms with van der Waals surface area (Å²) in [7, 11) is 0. The normalized spacial score (nSPS) is 10.6. The Morgan fingerprint density at radius 2 is 0.688 bits per heavy atom. The average Bonchev–Trinajstić information content (AvgIpc) is 2.84. The van der Waals surface area contributed by atoms with Crippen molar-refractivity contribution in [3.63, 3.8) is 0 Å². The molecule has 0 saturated carbocycles. The monoisotopic (exact) mass is 458 g/mol. The molecule has 0 saturated heterocycles. The minimum absolute atomic E-state index is 0.156. The maximum absolute atomic E-state index is 13.0. The van der Waals surface area contributed by atoms with E-state index in [1.165, 1.54) is 0 Å². The second-order valence-electron chi connectivity index (χ2n) is 7.16. The number of ketones is 3. The van der Waals surface area contributed by atoms with Crippen LogP contribution in [0.25, 0.3) is 0 Å². The average molecular weight is 459 g/mol. The molecule has 4 aromatic carbocycles. The van der Waals surface area contributed by atoms with Crippen molar-refractivity contribution >= 4 is 40.6 Å². The van der Waals surface area contributed by atoms with Crippen LogP contribution in [0.5, 0.6) is 0 Å². The molecule has 0 spiro atoms. The van der Waals surface area contributed by atoms with E-state index in [1.807, 2.05) is 0 Å². The highest BCUT2D eigenvalue weighted by Gasteiger charge is 2.15. The van der Waals surface area contributed by atoms with Gasteiger partial charge in [0.2, 0.25) is 0 Å². The van der Waals surface area contributed by atoms with Crippen molar-refractivity contribution in [3.05, 3.63) is 140 Å². The zero-order valence-electron chi connectivity index (χ0n) is 16.7. The van der Waals surface area contributed by atoms with Crippen molar-refractivity contribution in [2.75, 3.05) is 0 Å². The summed E-state index contributed by atoms with van der Waals surface area (Å²) >= 11 is 11.8. The number of rotatable bonds is 6. The van der Waals surface area contributed by atoms with E-state index < -0.39 is 0 Å². The van der Waals surface area contributed by atoms with Gasteiger partial charge in [-0.3, -0.25) is 14.4 Å². The molecule has 0 aliphatic rings. The molecular formula is C27H16Cl2O3. The van der Waals surface area contributed by atoms with E-state index in [-0.39, 0.29) is 17.3 Å². The van der Waals surface area contributed by atoms with Crippen LogP contribution in [0.2, 0.25) is 10.0 Å². The standard InChI is InChI=1S/C27H16Cl2O3/c28-23-12-8-19(9-13-23)25(30)17-4-6-18(7-5-17)26(31)21-2-1-3-22(16-21)27(32)20-10-14-24(29)15-11-20/h1-16H. The highest BCUT2D eigenvalue weighted by molar-refractivity contribution is 6.31. The summed E-state index contributed by atoms with van der Waals surface area (Å²) in [5.41, 5.74) is 2.70. The van der Waals surface area contributed by atoms with Gasteiger partial charge in [-0.2, -0.15) is 0 Å². The van der Waals surface area contributed by atoms with E-state index in [4.69, 9.17) is 23.2 Å². The molecule has 5 heteroatoms. The molecule has 0 N–H and O–H groups in total. The summed E-state index contributed by atoms with van der Waals surface area (Å²) < 4.78 is 0. The van der Waals surface area contributed by atoms with Gasteiger partial charge in [-0.05, 0) is 54.6 Å². The van der Waals surface area contributed by atoms with Crippen LogP contribution in [0.3, 0.4) is 0 Å². The number of carbonyl (C=O) groups excluding carboxylic acids is 3. The molecule has 0 amide bonds. The van der Waals surface area contributed by atoms with Gasteiger partial charge in [0.25, 0.3) is 0 Å². The van der Waals surface area contributed by atoms with Crippen LogP contribution >= 0.6 is 23.2 Å². The topological polar surface area (TPSA) is 51.2 Å². The van der Waals surface area contributed by atoms with E-state index in [2.05, 4.69) is 0 Å². The van der Waals surface area contributed by atoms with Gasteiger partial charge in [0.15, 0.2) is 17.3 Å². The van der Waals surface area contributed by atoms with Crippen LogP contribution in [0.15, 0.2) is 97.1 Å². The van der Waals surface area contributed by atoms with Gasteiger partial charge >= 0.3 is 0 Å². The Morgan fingerprint density at radius 3 is 1.03 bits per heavy atom. The lowest BCUT2D eigenvalue weighted by molar-refractivity contribution is 0.102. The minimum Gasteiger partial charge on any atom is -0.289 e. The summed E-state index contributed by atoms with van der Waals surface area (Å²) in [6.45, 7) is 0. The second kappa shape index (κ2) is 9.31. The van der Waals surface area contributed by atoms with Crippen LogP contribution in [-0.4, -0.2) is 17.3 Å². The summed E-state index contributed by atoms with van der Waals surface area (Å²) in [6, 6.07) is 26.3. The molecule has 3 nitrogen and oxygen atoms in total. The van der Waals surface area contributed by atoms with Crippen LogP contribution in [0.1, 0.15) is 47.8 Å². The smallest absolute Gasteiger partial charge is 0.193 e. The third-order valence-electron chi connectivity index (χ3n) is 5.01. The molecule has 0 unspecified atom stereocenters. The fraction of sp³-hybridized carbons (Fsp3) is 0. The Hall–Kier alpha value is -3.53. The Balaban J connectivity index is 1.55. The quantitative estimate of drug-likeness (QED) is 0.302. The first-order chi connectivity index (χ1) is 15.4. The molecule has 156 valence electrons. The summed E-state index contributed by atoms with van der Waals surface area (Å²) in [5, 5.41) is 1.10. The molecule has 0 fully saturated rings. The molecule has 0 aliphatic heterocycles. The fourth-order valence-corrected chi connectivity index (χ4v) is 3.53. The first-order valence-corrected chi connectivity index (χ1v) is 10.5. The van der Waals surface area contributed by atoms with E-state index in [0.29, 0.717) is 43.4 Å². The third-order valence-corrected chi connectivity index (χ3v) is 5.51. The van der Waals surface area contributed by atoms with Gasteiger partial charge in [0.05, 0.1) is 0 Å². The van der Waals surface area contributed by atoms with Crippen LogP contribution in [0, 0.1) is 0 Å². The number of carbonyl (C=O) groups is 3. The lowest BCUT2D eigenvalue weighted by Gasteiger charge is -2.06. The van der Waals surface area contributed by atoms with E-state index in [9.17, 15) is 14.4 Å². The van der Waals surface area contributed by atoms with Gasteiger partial charge in [-0.1, -0.05) is 65.7 Å². The van der Waals surface area contributed by atoms with Gasteiger partial charge in [0.1, 0.15) is 0 Å². The molecule has 0 aliphatic carbocycles. The van der Waals surface area contributed by atoms with Crippen LogP contribution < -0.4 is 0 Å². The van der Waals surface area contributed by atoms with Crippen molar-refractivity contribution in [2.45, 2.75) is 0 Å². The van der Waals surface area contributed by atoms with Crippen molar-refractivity contribution in [1.29, 1.82) is 0 Å². The predicted octanol–water partition coefficient (Wildman–Crippen LogP) is 6.69. The van der Waals surface area contributed by atoms with Crippen LogP contribution in [-0.2, 0) is 0 Å². The lowest BCUT2D eigenvalue weighted by Crippen LogP contribution is -2.07. The number of hydrogen-bond acceptors (Lipinski definition) is 3. The second-order valence-corrected chi connectivity index (χ2v) is 8.03. The SMILES string of the molecule is O=C(c1ccc(Cl)cc1)c1ccc(C(=O)c2cccc(C(=O)c3ccc(Cl)cc3)c2)cc1. The molecule has 4 aromatic rings. The first-order valence-electron chi connectivity index (χ1n) is 9.78. The number of halogens is 2. The number of hydrogen-bond donors (Lipinski definition) is 0. The highest BCUT2D eigenvalue weighted by atomic mass is 35.5. The van der Waals surface area contributed by atoms with Crippen LogP contribution in [0.4, 0.5) is 0 Å². The number of benzene rings is 4. The Labute approximate surface area is 195 Å². The molecular weight excluding hydrogens is 443 g/mol. The highest BCUT2D eigenvalue weighted by Crippen LogP contribution is 2.19. The van der Waals surface area contributed by atoms with Crippen molar-refractivity contribution in [2.24, 2.45) is 0 Å². The van der Waals surface area contributed by atoms with E-state index >= 15 is 0 Å². The van der Waals surface area contributed by atoms with Gasteiger partial charge in [-0.15, -0.1) is 0 Å². The zero-order valence-corrected chi connectivity index (χ0v) is 18.2. The molecule has 0 atom stereocenters. The van der Waals surface area contributed by atoms with Crippen molar-refractivity contribution < 1.29 is 14.4 Å². The maximum Gasteiger partial charge on any atom is 0.193 e. The Kier molecular flexibility index (Phi) is 6.31. The molecule has 0 aromatic heterocycles. The zero-order chi connectivity index (χ0) is 22.7. The van der Waals surface area contributed by atoms with E-state index in [0.717, 1.165) is 0 Å². The summed E-state index contributed by atoms with van der Waals surface area (Å²) in [4.78, 5) is 38.3. The Morgan fingerprint density at radius 1 is 0.406 bits per heavy atom. The Bertz CT molecular complexity index is 1310. The first kappa shape index (κ1) is 21.7.